The topological polar surface area (TPSA) is 37.4 Å². The van der Waals surface area contributed by atoms with Gasteiger partial charge in [-0.05, 0) is 47.2 Å². The molecule has 0 saturated carbocycles. The summed E-state index contributed by atoms with van der Waals surface area (Å²) in [5, 5.41) is 0. The molecule has 0 aliphatic rings. The van der Waals surface area contributed by atoms with E-state index in [4.69, 9.17) is 0 Å². The highest BCUT2D eigenvalue weighted by Gasteiger charge is 2.25. The van der Waals surface area contributed by atoms with Gasteiger partial charge in [0.15, 0.2) is 0 Å². The van der Waals surface area contributed by atoms with Gasteiger partial charge in [0.25, 0.3) is 0 Å². The third-order valence-corrected chi connectivity index (χ3v) is 6.53. The molecule has 0 amide bonds. The first-order chi connectivity index (χ1) is 11.0. The maximum atomic E-state index is 13.0. The molecule has 130 valence electrons. The highest BCUT2D eigenvalue weighted by Crippen LogP contribution is 2.28. The van der Waals surface area contributed by atoms with Crippen molar-refractivity contribution < 1.29 is 8.42 Å². The molecular formula is C19H24BrNO2S. The van der Waals surface area contributed by atoms with Gasteiger partial charge in [0, 0.05) is 18.1 Å². The van der Waals surface area contributed by atoms with E-state index in [9.17, 15) is 8.42 Å². The van der Waals surface area contributed by atoms with Crippen molar-refractivity contribution in [3.8, 4) is 0 Å². The lowest BCUT2D eigenvalue weighted by atomic mass is 9.87. The summed E-state index contributed by atoms with van der Waals surface area (Å²) in [4.78, 5) is 0.384. The van der Waals surface area contributed by atoms with Gasteiger partial charge in [0.05, 0.1) is 4.90 Å². The van der Waals surface area contributed by atoms with Gasteiger partial charge in [-0.2, -0.15) is 4.31 Å². The van der Waals surface area contributed by atoms with Crippen molar-refractivity contribution in [2.45, 2.75) is 44.6 Å². The normalized spacial score (nSPS) is 12.6. The molecule has 5 heteroatoms. The quantitative estimate of drug-likeness (QED) is 0.721. The van der Waals surface area contributed by atoms with E-state index in [1.54, 1.807) is 7.05 Å². The van der Waals surface area contributed by atoms with Gasteiger partial charge >= 0.3 is 0 Å². The third kappa shape index (κ3) is 4.26. The third-order valence-electron chi connectivity index (χ3n) is 4.06. The lowest BCUT2D eigenvalue weighted by Gasteiger charge is -2.23. The van der Waals surface area contributed by atoms with Crippen LogP contribution in [0.3, 0.4) is 0 Å². The number of rotatable bonds is 4. The minimum absolute atomic E-state index is 0.0950. The predicted molar refractivity (Wildman–Crippen MR) is 103 cm³/mol. The van der Waals surface area contributed by atoms with Gasteiger partial charge in [-0.1, -0.05) is 61.0 Å². The number of aryl methyl sites for hydroxylation is 1. The van der Waals surface area contributed by atoms with Crippen molar-refractivity contribution in [1.29, 1.82) is 0 Å². The number of hydrogen-bond donors (Lipinski definition) is 0. The molecule has 0 saturated heterocycles. The molecule has 0 unspecified atom stereocenters. The molecule has 2 aromatic carbocycles. The van der Waals surface area contributed by atoms with Crippen LogP contribution in [0.15, 0.2) is 51.8 Å². The minimum atomic E-state index is -3.54. The summed E-state index contributed by atoms with van der Waals surface area (Å²) >= 11 is 3.39. The van der Waals surface area contributed by atoms with Crippen LogP contribution in [-0.2, 0) is 22.0 Å². The van der Waals surface area contributed by atoms with Crippen molar-refractivity contribution in [2.24, 2.45) is 0 Å². The van der Waals surface area contributed by atoms with E-state index >= 15 is 0 Å². The smallest absolute Gasteiger partial charge is 0.207 e. The van der Waals surface area contributed by atoms with Crippen molar-refractivity contribution in [3.05, 3.63) is 63.6 Å². The van der Waals surface area contributed by atoms with Gasteiger partial charge in [0.1, 0.15) is 0 Å². The molecule has 0 N–H and O–H groups in total. The van der Waals surface area contributed by atoms with E-state index in [-0.39, 0.29) is 5.41 Å². The Morgan fingerprint density at radius 3 is 2.17 bits per heavy atom. The summed E-state index contributed by atoms with van der Waals surface area (Å²) < 4.78 is 28.4. The second-order valence-electron chi connectivity index (χ2n) is 7.12. The van der Waals surface area contributed by atoms with Crippen LogP contribution < -0.4 is 0 Å². The lowest BCUT2D eigenvalue weighted by molar-refractivity contribution is 0.466. The Labute approximate surface area is 153 Å². The average molecular weight is 410 g/mol. The fraction of sp³-hybridized carbons (Fsp3) is 0.368. The van der Waals surface area contributed by atoms with Gasteiger partial charge in [-0.25, -0.2) is 8.42 Å². The van der Waals surface area contributed by atoms with Crippen LogP contribution in [0.2, 0.25) is 0 Å². The first-order valence-electron chi connectivity index (χ1n) is 7.84. The molecule has 0 heterocycles. The minimum Gasteiger partial charge on any atom is -0.207 e. The molecule has 3 nitrogen and oxygen atoms in total. The van der Waals surface area contributed by atoms with E-state index in [1.807, 2.05) is 49.4 Å². The van der Waals surface area contributed by atoms with Gasteiger partial charge in [0.2, 0.25) is 10.0 Å². The van der Waals surface area contributed by atoms with Crippen LogP contribution in [0.5, 0.6) is 0 Å². The van der Waals surface area contributed by atoms with E-state index in [0.29, 0.717) is 11.4 Å². The van der Waals surface area contributed by atoms with Crippen LogP contribution >= 0.6 is 15.9 Å². The Bertz CT molecular complexity index is 821. The summed E-state index contributed by atoms with van der Waals surface area (Å²) in [5.74, 6) is 0. The molecule has 2 aromatic rings. The molecule has 0 spiro atoms. The molecule has 0 radical (unpaired) electrons. The predicted octanol–water partition coefficient (Wildman–Crippen LogP) is 4.88. The van der Waals surface area contributed by atoms with E-state index in [1.165, 1.54) is 4.31 Å². The van der Waals surface area contributed by atoms with Crippen molar-refractivity contribution >= 4 is 26.0 Å². The summed E-state index contributed by atoms with van der Waals surface area (Å²) in [6.45, 7) is 8.43. The number of nitrogens with zero attached hydrogens (tertiary/aromatic N) is 1. The molecule has 0 aliphatic carbocycles. The standard InChI is InChI=1S/C19H24BrNO2S/c1-14-6-9-16(19(2,3)4)12-18(14)24(22,23)21(5)13-15-7-10-17(20)11-8-15/h6-12H,13H2,1-5H3. The SMILES string of the molecule is Cc1ccc(C(C)(C)C)cc1S(=O)(=O)N(C)Cc1ccc(Br)cc1. The molecular weight excluding hydrogens is 386 g/mol. The van der Waals surface area contributed by atoms with Crippen molar-refractivity contribution in [3.63, 3.8) is 0 Å². The molecule has 0 aliphatic heterocycles. The van der Waals surface area contributed by atoms with E-state index < -0.39 is 10.0 Å². The Morgan fingerprint density at radius 1 is 1.04 bits per heavy atom. The fourth-order valence-corrected chi connectivity index (χ4v) is 4.11. The first-order valence-corrected chi connectivity index (χ1v) is 10.1. The Balaban J connectivity index is 2.37. The second kappa shape index (κ2) is 6.98. The summed E-state index contributed by atoms with van der Waals surface area (Å²) in [7, 11) is -1.91. The zero-order chi connectivity index (χ0) is 18.1. The number of sulfonamides is 1. The molecule has 24 heavy (non-hydrogen) atoms. The Kier molecular flexibility index (Phi) is 5.57. The van der Waals surface area contributed by atoms with E-state index in [0.717, 1.165) is 21.2 Å². The van der Waals surface area contributed by atoms with Crippen LogP contribution in [0.1, 0.15) is 37.5 Å². The molecule has 0 atom stereocenters. The van der Waals surface area contributed by atoms with Crippen molar-refractivity contribution in [1.82, 2.24) is 4.31 Å². The maximum absolute atomic E-state index is 13.0. The van der Waals surface area contributed by atoms with Crippen LogP contribution in [-0.4, -0.2) is 19.8 Å². The van der Waals surface area contributed by atoms with Crippen LogP contribution in [0.4, 0.5) is 0 Å². The summed E-state index contributed by atoms with van der Waals surface area (Å²) in [5.41, 5.74) is 2.64. The largest absolute Gasteiger partial charge is 0.243 e. The molecule has 0 bridgehead atoms. The monoisotopic (exact) mass is 409 g/mol. The fourth-order valence-electron chi connectivity index (χ4n) is 2.44. The first kappa shape index (κ1) is 19.2. The van der Waals surface area contributed by atoms with Gasteiger partial charge in [-0.15, -0.1) is 0 Å². The summed E-state index contributed by atoms with van der Waals surface area (Å²) in [6.07, 6.45) is 0. The highest BCUT2D eigenvalue weighted by molar-refractivity contribution is 9.10. The van der Waals surface area contributed by atoms with Crippen molar-refractivity contribution in [2.75, 3.05) is 7.05 Å². The van der Waals surface area contributed by atoms with Gasteiger partial charge in [-0.3, -0.25) is 0 Å². The zero-order valence-corrected chi connectivity index (χ0v) is 17.2. The van der Waals surface area contributed by atoms with E-state index in [2.05, 4.69) is 36.7 Å². The summed E-state index contributed by atoms with van der Waals surface area (Å²) in [6, 6.07) is 13.4. The van der Waals surface area contributed by atoms with Crippen LogP contribution in [0, 0.1) is 6.92 Å². The zero-order valence-electron chi connectivity index (χ0n) is 14.8. The second-order valence-corrected chi connectivity index (χ2v) is 10.0. The van der Waals surface area contributed by atoms with Crippen LogP contribution in [0.25, 0.3) is 0 Å². The number of hydrogen-bond acceptors (Lipinski definition) is 2. The average Bonchev–Trinajstić information content (AvgIpc) is 2.48. The number of halogens is 1. The number of benzene rings is 2. The lowest BCUT2D eigenvalue weighted by Crippen LogP contribution is -2.27. The molecule has 0 fully saturated rings. The maximum Gasteiger partial charge on any atom is 0.243 e. The molecule has 2 rings (SSSR count). The Morgan fingerprint density at radius 2 is 1.62 bits per heavy atom. The highest BCUT2D eigenvalue weighted by atomic mass is 79.9. The Hall–Kier alpha value is -1.17. The molecule has 0 aromatic heterocycles. The van der Waals surface area contributed by atoms with Gasteiger partial charge < -0.3 is 0 Å².